The monoisotopic (exact) mass is 336 g/mol. The molecule has 0 bridgehead atoms. The molecule has 0 fully saturated rings. The fourth-order valence-electron chi connectivity index (χ4n) is 1.41. The number of ether oxygens (including phenoxy) is 1. The van der Waals surface area contributed by atoms with Gasteiger partial charge in [0, 0.05) is 19.0 Å². The first kappa shape index (κ1) is 10.6. The zero-order valence-electron chi connectivity index (χ0n) is 7.83. The van der Waals surface area contributed by atoms with Gasteiger partial charge in [-0.05, 0) is 41.0 Å². The van der Waals surface area contributed by atoms with E-state index in [1.807, 2.05) is 6.07 Å². The zero-order chi connectivity index (χ0) is 10.1. The fourth-order valence-corrected chi connectivity index (χ4v) is 4.38. The van der Waals surface area contributed by atoms with Crippen molar-refractivity contribution in [1.29, 1.82) is 0 Å². The highest BCUT2D eigenvalue weighted by Crippen LogP contribution is 2.40. The number of methoxy groups -OCH3 is 1. The molecule has 1 aromatic carbocycles. The fraction of sp³-hybridized carbons (Fsp3) is 0.200. The SMILES string of the molecule is COc1ccc2scc(I)c2c1SC. The summed E-state index contributed by atoms with van der Waals surface area (Å²) in [5.74, 6) is 0.973. The molecule has 0 radical (unpaired) electrons. The molecule has 0 saturated heterocycles. The van der Waals surface area contributed by atoms with Crippen LogP contribution in [0.4, 0.5) is 0 Å². The summed E-state index contributed by atoms with van der Waals surface area (Å²) in [4.78, 5) is 1.25. The number of halogens is 1. The van der Waals surface area contributed by atoms with Gasteiger partial charge in [0.05, 0.1) is 12.0 Å². The van der Waals surface area contributed by atoms with E-state index in [9.17, 15) is 0 Å². The molecule has 0 aliphatic heterocycles. The minimum Gasteiger partial charge on any atom is -0.496 e. The Morgan fingerprint density at radius 3 is 2.86 bits per heavy atom. The van der Waals surface area contributed by atoms with Gasteiger partial charge in [-0.1, -0.05) is 0 Å². The lowest BCUT2D eigenvalue weighted by molar-refractivity contribution is 0.406. The van der Waals surface area contributed by atoms with Crippen molar-refractivity contribution in [2.24, 2.45) is 0 Å². The van der Waals surface area contributed by atoms with E-state index in [0.29, 0.717) is 0 Å². The van der Waals surface area contributed by atoms with Crippen LogP contribution in [0.25, 0.3) is 10.1 Å². The molecule has 14 heavy (non-hydrogen) atoms. The Labute approximate surface area is 105 Å². The molecule has 1 heterocycles. The molecule has 2 rings (SSSR count). The van der Waals surface area contributed by atoms with Gasteiger partial charge in [0.15, 0.2) is 0 Å². The predicted molar refractivity (Wildman–Crippen MR) is 72.9 cm³/mol. The van der Waals surface area contributed by atoms with Gasteiger partial charge in [-0.3, -0.25) is 0 Å². The molecule has 0 atom stereocenters. The lowest BCUT2D eigenvalue weighted by Crippen LogP contribution is -1.86. The molecule has 0 N–H and O–H groups in total. The van der Waals surface area contributed by atoms with Crippen LogP contribution in [0.1, 0.15) is 0 Å². The molecule has 74 valence electrons. The highest BCUT2D eigenvalue weighted by atomic mass is 127. The van der Waals surface area contributed by atoms with Crippen LogP contribution in [-0.4, -0.2) is 13.4 Å². The van der Waals surface area contributed by atoms with E-state index in [4.69, 9.17) is 4.74 Å². The van der Waals surface area contributed by atoms with Crippen molar-refractivity contribution in [2.45, 2.75) is 4.90 Å². The molecule has 1 nitrogen and oxygen atoms in total. The molecule has 0 aliphatic rings. The Hall–Kier alpha value is 0.0600. The van der Waals surface area contributed by atoms with E-state index >= 15 is 0 Å². The standard InChI is InChI=1S/C10H9IOS2/c1-12-7-3-4-8-9(10(7)13-2)6(11)5-14-8/h3-5H,1-2H3. The van der Waals surface area contributed by atoms with Crippen molar-refractivity contribution in [2.75, 3.05) is 13.4 Å². The molecule has 0 spiro atoms. The number of hydrogen-bond acceptors (Lipinski definition) is 3. The van der Waals surface area contributed by atoms with Crippen molar-refractivity contribution in [3.05, 3.63) is 21.1 Å². The molecule has 4 heteroatoms. The van der Waals surface area contributed by atoms with Crippen LogP contribution in [0.5, 0.6) is 5.75 Å². The van der Waals surface area contributed by atoms with Crippen molar-refractivity contribution in [3.8, 4) is 5.75 Å². The van der Waals surface area contributed by atoms with Gasteiger partial charge in [0.1, 0.15) is 5.75 Å². The molecular weight excluding hydrogens is 327 g/mol. The van der Waals surface area contributed by atoms with E-state index in [2.05, 4.69) is 40.3 Å². The summed E-state index contributed by atoms with van der Waals surface area (Å²) < 4.78 is 7.99. The quantitative estimate of drug-likeness (QED) is 0.599. The second-order valence-corrected chi connectivity index (χ2v) is 5.65. The Balaban J connectivity index is 2.81. The van der Waals surface area contributed by atoms with E-state index in [0.717, 1.165) is 5.75 Å². The highest BCUT2D eigenvalue weighted by Gasteiger charge is 2.11. The van der Waals surface area contributed by atoms with Crippen LogP contribution in [0.15, 0.2) is 22.4 Å². The molecule has 1 aromatic heterocycles. The number of hydrogen-bond donors (Lipinski definition) is 0. The first-order chi connectivity index (χ1) is 6.77. The minimum atomic E-state index is 0.973. The van der Waals surface area contributed by atoms with Crippen LogP contribution in [0.2, 0.25) is 0 Å². The third-order valence-corrected chi connectivity index (χ3v) is 5.07. The van der Waals surface area contributed by atoms with Crippen molar-refractivity contribution in [3.63, 3.8) is 0 Å². The summed E-state index contributed by atoms with van der Waals surface area (Å²) in [6.07, 6.45) is 2.09. The number of thioether (sulfide) groups is 1. The smallest absolute Gasteiger partial charge is 0.133 e. The van der Waals surface area contributed by atoms with Crippen molar-refractivity contribution < 1.29 is 4.74 Å². The third kappa shape index (κ3) is 1.63. The maximum absolute atomic E-state index is 5.35. The van der Waals surface area contributed by atoms with Crippen LogP contribution >= 0.6 is 45.7 Å². The van der Waals surface area contributed by atoms with Gasteiger partial charge < -0.3 is 4.74 Å². The van der Waals surface area contributed by atoms with Crippen molar-refractivity contribution >= 4 is 55.8 Å². The second-order valence-electron chi connectivity index (χ2n) is 2.76. The molecule has 2 aromatic rings. The van der Waals surface area contributed by atoms with Gasteiger partial charge in [-0.2, -0.15) is 0 Å². The topological polar surface area (TPSA) is 9.23 Å². The Morgan fingerprint density at radius 2 is 2.21 bits per heavy atom. The number of thiophene rings is 1. The molecule has 0 unspecified atom stereocenters. The van der Waals surface area contributed by atoms with E-state index in [-0.39, 0.29) is 0 Å². The normalized spacial score (nSPS) is 10.8. The largest absolute Gasteiger partial charge is 0.496 e. The van der Waals surface area contributed by atoms with E-state index in [1.54, 1.807) is 30.2 Å². The molecule has 0 amide bonds. The van der Waals surface area contributed by atoms with E-state index < -0.39 is 0 Å². The van der Waals surface area contributed by atoms with E-state index in [1.165, 1.54) is 18.6 Å². The number of benzene rings is 1. The number of fused-ring (bicyclic) bond motifs is 1. The van der Waals surface area contributed by atoms with Gasteiger partial charge in [0.25, 0.3) is 0 Å². The third-order valence-electron chi connectivity index (χ3n) is 2.04. The lowest BCUT2D eigenvalue weighted by Gasteiger charge is -2.07. The molecule has 0 aliphatic carbocycles. The predicted octanol–water partition coefficient (Wildman–Crippen LogP) is 4.24. The first-order valence-corrected chi connectivity index (χ1v) is 7.24. The van der Waals surface area contributed by atoms with Crippen LogP contribution in [0, 0.1) is 3.57 Å². The summed E-state index contributed by atoms with van der Waals surface area (Å²) in [7, 11) is 1.72. The summed E-state index contributed by atoms with van der Waals surface area (Å²) in [5, 5.41) is 3.52. The Kier molecular flexibility index (Phi) is 3.23. The zero-order valence-corrected chi connectivity index (χ0v) is 11.6. The molecule has 0 saturated carbocycles. The van der Waals surface area contributed by atoms with Crippen LogP contribution in [0.3, 0.4) is 0 Å². The maximum Gasteiger partial charge on any atom is 0.133 e. The molecular formula is C10H9IOS2. The van der Waals surface area contributed by atoms with Crippen molar-refractivity contribution in [1.82, 2.24) is 0 Å². The van der Waals surface area contributed by atoms with Crippen LogP contribution < -0.4 is 4.74 Å². The minimum absolute atomic E-state index is 0.973. The summed E-state index contributed by atoms with van der Waals surface area (Å²) in [6.45, 7) is 0. The Morgan fingerprint density at radius 1 is 1.43 bits per heavy atom. The van der Waals surface area contributed by atoms with Gasteiger partial charge in [0.2, 0.25) is 0 Å². The maximum atomic E-state index is 5.35. The van der Waals surface area contributed by atoms with Gasteiger partial charge >= 0.3 is 0 Å². The highest BCUT2D eigenvalue weighted by molar-refractivity contribution is 14.1. The average Bonchev–Trinajstić information content (AvgIpc) is 2.59. The van der Waals surface area contributed by atoms with Gasteiger partial charge in [-0.25, -0.2) is 0 Å². The summed E-state index contributed by atoms with van der Waals surface area (Å²) in [6, 6.07) is 4.17. The first-order valence-electron chi connectivity index (χ1n) is 4.05. The van der Waals surface area contributed by atoms with Crippen LogP contribution in [-0.2, 0) is 0 Å². The Bertz CT molecular complexity index is 464. The number of rotatable bonds is 2. The lowest BCUT2D eigenvalue weighted by atomic mass is 10.2. The summed E-state index contributed by atoms with van der Waals surface area (Å²) >= 11 is 5.91. The average molecular weight is 336 g/mol. The van der Waals surface area contributed by atoms with Gasteiger partial charge in [-0.15, -0.1) is 23.1 Å². The summed E-state index contributed by atoms with van der Waals surface area (Å²) in [5.41, 5.74) is 0. The second kappa shape index (κ2) is 4.28.